The number of esters is 1. The first-order chi connectivity index (χ1) is 8.20. The minimum atomic E-state index is -0.678. The molecule has 0 spiro atoms. The molecule has 0 saturated carbocycles. The van der Waals surface area contributed by atoms with Crippen LogP contribution in [-0.2, 0) is 9.53 Å². The maximum atomic E-state index is 11.6. The minimum Gasteiger partial charge on any atom is -0.462 e. The first-order valence-electron chi connectivity index (χ1n) is 5.23. The smallest absolute Gasteiger partial charge is 0.350 e. The minimum absolute atomic E-state index is 0.120. The number of carbonyl (C=O) groups is 1. The topological polar surface area (TPSA) is 50.1 Å². The molecule has 1 aromatic carbocycles. The van der Waals surface area contributed by atoms with Crippen LogP contribution in [0, 0.1) is 11.3 Å². The predicted octanol–water partition coefficient (Wildman–Crippen LogP) is 3.11. The van der Waals surface area contributed by atoms with Gasteiger partial charge in [-0.3, -0.25) is 0 Å². The van der Waals surface area contributed by atoms with Gasteiger partial charge < -0.3 is 4.74 Å². The molecule has 0 N–H and O–H groups in total. The largest absolute Gasteiger partial charge is 0.462 e. The van der Waals surface area contributed by atoms with Gasteiger partial charge in [0.1, 0.15) is 6.07 Å². The Hall–Kier alpha value is -1.79. The lowest BCUT2D eigenvalue weighted by molar-refractivity contribution is -0.138. The van der Waals surface area contributed by atoms with Crippen LogP contribution in [0.25, 0.3) is 5.03 Å². The van der Waals surface area contributed by atoms with Crippen LogP contribution >= 0.6 is 11.6 Å². The third kappa shape index (κ3) is 3.61. The van der Waals surface area contributed by atoms with E-state index < -0.39 is 5.97 Å². The summed E-state index contributed by atoms with van der Waals surface area (Å²) in [5, 5.41) is 9.05. The van der Waals surface area contributed by atoms with Crippen molar-refractivity contribution in [3.05, 3.63) is 41.5 Å². The maximum Gasteiger partial charge on any atom is 0.350 e. The Balaban J connectivity index is 3.00. The standard InChI is InChI=1S/C13H12ClNO2/c1-2-8-17-13(16)11(9-15)12(14)10-6-4-3-5-7-10/h3-7H,2,8H2,1H3. The fraction of sp³-hybridized carbons (Fsp3) is 0.231. The van der Waals surface area contributed by atoms with Gasteiger partial charge in [0, 0.05) is 0 Å². The van der Waals surface area contributed by atoms with Crippen LogP contribution in [0.15, 0.2) is 35.9 Å². The van der Waals surface area contributed by atoms with Crippen LogP contribution in [0.1, 0.15) is 18.9 Å². The Bertz CT molecular complexity index is 460. The normalized spacial score (nSPS) is 11.4. The number of halogens is 1. The van der Waals surface area contributed by atoms with Crippen molar-refractivity contribution >= 4 is 22.6 Å². The molecule has 0 bridgehead atoms. The zero-order valence-electron chi connectivity index (χ0n) is 9.44. The highest BCUT2D eigenvalue weighted by Gasteiger charge is 2.16. The van der Waals surface area contributed by atoms with E-state index in [0.29, 0.717) is 12.0 Å². The lowest BCUT2D eigenvalue weighted by atomic mass is 10.1. The summed E-state index contributed by atoms with van der Waals surface area (Å²) in [6.07, 6.45) is 0.702. The van der Waals surface area contributed by atoms with Crippen molar-refractivity contribution < 1.29 is 9.53 Å². The molecule has 1 aromatic rings. The number of rotatable bonds is 4. The molecule has 0 aliphatic rings. The van der Waals surface area contributed by atoms with Gasteiger partial charge >= 0.3 is 5.97 Å². The zero-order valence-corrected chi connectivity index (χ0v) is 10.2. The van der Waals surface area contributed by atoms with Crippen LogP contribution in [-0.4, -0.2) is 12.6 Å². The molecule has 0 amide bonds. The van der Waals surface area contributed by atoms with Gasteiger partial charge in [-0.2, -0.15) is 5.26 Å². The summed E-state index contributed by atoms with van der Waals surface area (Å²) < 4.78 is 4.88. The molecule has 0 aliphatic carbocycles. The number of hydrogen-bond acceptors (Lipinski definition) is 3. The summed E-state index contributed by atoms with van der Waals surface area (Å²) in [5.41, 5.74) is 0.463. The molecule has 3 nitrogen and oxygen atoms in total. The Morgan fingerprint density at radius 2 is 2.06 bits per heavy atom. The van der Waals surface area contributed by atoms with Crippen LogP contribution < -0.4 is 0 Å². The molecule has 0 unspecified atom stereocenters. The van der Waals surface area contributed by atoms with E-state index in [0.717, 1.165) is 0 Å². The van der Waals surface area contributed by atoms with Crippen molar-refractivity contribution in [2.45, 2.75) is 13.3 Å². The highest BCUT2D eigenvalue weighted by atomic mass is 35.5. The third-order valence-corrected chi connectivity index (χ3v) is 2.41. The predicted molar refractivity (Wildman–Crippen MR) is 66.1 cm³/mol. The van der Waals surface area contributed by atoms with Gasteiger partial charge in [-0.05, 0) is 12.0 Å². The molecule has 0 atom stereocenters. The summed E-state index contributed by atoms with van der Waals surface area (Å²) in [7, 11) is 0. The molecular formula is C13H12ClNO2. The van der Waals surface area contributed by atoms with Gasteiger partial charge in [0.2, 0.25) is 0 Å². The summed E-state index contributed by atoms with van der Waals surface area (Å²) in [6.45, 7) is 2.16. The molecular weight excluding hydrogens is 238 g/mol. The lowest BCUT2D eigenvalue weighted by Crippen LogP contribution is -2.08. The SMILES string of the molecule is CCCOC(=O)C(C#N)=C(Cl)c1ccccc1. The van der Waals surface area contributed by atoms with Gasteiger partial charge in [-0.1, -0.05) is 48.9 Å². The first kappa shape index (κ1) is 13.3. The van der Waals surface area contributed by atoms with Crippen LogP contribution in [0.4, 0.5) is 0 Å². The second-order valence-electron chi connectivity index (χ2n) is 3.30. The average molecular weight is 250 g/mol. The molecule has 17 heavy (non-hydrogen) atoms. The van der Waals surface area contributed by atoms with Crippen molar-refractivity contribution in [1.29, 1.82) is 5.26 Å². The number of ether oxygens (including phenoxy) is 1. The Morgan fingerprint density at radius 1 is 1.41 bits per heavy atom. The highest BCUT2D eigenvalue weighted by Crippen LogP contribution is 2.23. The van der Waals surface area contributed by atoms with Crippen molar-refractivity contribution in [1.82, 2.24) is 0 Å². The van der Waals surface area contributed by atoms with Crippen molar-refractivity contribution in [3.63, 3.8) is 0 Å². The number of hydrogen-bond donors (Lipinski definition) is 0. The Kier molecular flexibility index (Phi) is 5.25. The van der Waals surface area contributed by atoms with Gasteiger partial charge in [-0.15, -0.1) is 0 Å². The summed E-state index contributed by atoms with van der Waals surface area (Å²) in [4.78, 5) is 11.6. The van der Waals surface area contributed by atoms with E-state index in [1.54, 1.807) is 30.3 Å². The second-order valence-corrected chi connectivity index (χ2v) is 3.68. The van der Waals surface area contributed by atoms with Crippen LogP contribution in [0.3, 0.4) is 0 Å². The fourth-order valence-electron chi connectivity index (χ4n) is 1.18. The number of nitrogens with zero attached hydrogens (tertiary/aromatic N) is 1. The van der Waals surface area contributed by atoms with Crippen molar-refractivity contribution in [3.8, 4) is 6.07 Å². The molecule has 0 radical (unpaired) electrons. The van der Waals surface area contributed by atoms with E-state index in [9.17, 15) is 4.79 Å². The summed E-state index contributed by atoms with van der Waals surface area (Å²) in [5.74, 6) is -0.678. The summed E-state index contributed by atoms with van der Waals surface area (Å²) in [6, 6.07) is 10.6. The highest BCUT2D eigenvalue weighted by molar-refractivity contribution is 6.51. The second kappa shape index (κ2) is 6.72. The quantitative estimate of drug-likeness (QED) is 0.468. The molecule has 0 heterocycles. The molecule has 1 rings (SSSR count). The van der Waals surface area contributed by atoms with Crippen LogP contribution in [0.5, 0.6) is 0 Å². The Labute approximate surface area is 105 Å². The number of carbonyl (C=O) groups excluding carboxylic acids is 1. The molecule has 4 heteroatoms. The first-order valence-corrected chi connectivity index (χ1v) is 5.61. The monoisotopic (exact) mass is 249 g/mol. The van der Waals surface area contributed by atoms with E-state index >= 15 is 0 Å². The zero-order chi connectivity index (χ0) is 12.7. The lowest BCUT2D eigenvalue weighted by Gasteiger charge is -2.04. The molecule has 0 fully saturated rings. The van der Waals surface area contributed by atoms with Gasteiger partial charge in [0.15, 0.2) is 5.57 Å². The van der Waals surface area contributed by atoms with Gasteiger partial charge in [0.25, 0.3) is 0 Å². The van der Waals surface area contributed by atoms with E-state index in [1.165, 1.54) is 0 Å². The van der Waals surface area contributed by atoms with Gasteiger partial charge in [-0.25, -0.2) is 4.79 Å². The van der Waals surface area contributed by atoms with E-state index in [-0.39, 0.29) is 17.2 Å². The summed E-state index contributed by atoms with van der Waals surface area (Å²) >= 11 is 6.00. The molecule has 0 aliphatic heterocycles. The average Bonchev–Trinajstić information content (AvgIpc) is 2.38. The van der Waals surface area contributed by atoms with Crippen molar-refractivity contribution in [2.75, 3.05) is 6.61 Å². The van der Waals surface area contributed by atoms with Crippen LogP contribution in [0.2, 0.25) is 0 Å². The fourth-order valence-corrected chi connectivity index (χ4v) is 1.43. The third-order valence-electron chi connectivity index (χ3n) is 2.00. The van der Waals surface area contributed by atoms with Gasteiger partial charge in [0.05, 0.1) is 11.6 Å². The number of benzene rings is 1. The van der Waals surface area contributed by atoms with E-state index in [1.807, 2.05) is 13.0 Å². The molecule has 0 saturated heterocycles. The molecule has 88 valence electrons. The van der Waals surface area contributed by atoms with Crippen molar-refractivity contribution in [2.24, 2.45) is 0 Å². The number of nitriles is 1. The molecule has 0 aromatic heterocycles. The Morgan fingerprint density at radius 3 is 2.59 bits per heavy atom. The van der Waals surface area contributed by atoms with E-state index in [2.05, 4.69) is 0 Å². The van der Waals surface area contributed by atoms with E-state index in [4.69, 9.17) is 21.6 Å². The maximum absolute atomic E-state index is 11.6.